The van der Waals surface area contributed by atoms with E-state index in [2.05, 4.69) is 25.6 Å². The van der Waals surface area contributed by atoms with Gasteiger partial charge in [-0.2, -0.15) is 10.2 Å². The highest BCUT2D eigenvalue weighted by atomic mass is 16.5. The number of aromatic amines is 1. The quantitative estimate of drug-likeness (QED) is 0.423. The number of aryl methyl sites for hydroxylation is 1. The number of benzene rings is 2. The van der Waals surface area contributed by atoms with Crippen molar-refractivity contribution < 1.29 is 14.3 Å². The molecule has 0 fully saturated rings. The average Bonchev–Trinajstić information content (AvgIpc) is 3.43. The topological polar surface area (TPSA) is 115 Å². The maximum atomic E-state index is 13.0. The van der Waals surface area contributed by atoms with Gasteiger partial charge in [-0.1, -0.05) is 30.3 Å². The number of hydrogen-bond donors (Lipinski definition) is 2. The molecule has 0 radical (unpaired) electrons. The lowest BCUT2D eigenvalue weighted by atomic mass is 10.1. The molecular weight excluding hydrogens is 420 g/mol. The first-order valence-corrected chi connectivity index (χ1v) is 10.5. The van der Waals surface area contributed by atoms with Crippen LogP contribution in [0.15, 0.2) is 60.8 Å². The lowest BCUT2D eigenvalue weighted by molar-refractivity contribution is 0.0525. The first kappa shape index (κ1) is 21.9. The number of rotatable bonds is 7. The van der Waals surface area contributed by atoms with Crippen LogP contribution >= 0.6 is 0 Å². The molecule has 0 aliphatic heterocycles. The van der Waals surface area contributed by atoms with E-state index < -0.39 is 12.0 Å². The Morgan fingerprint density at radius 2 is 1.82 bits per heavy atom. The Balaban J connectivity index is 1.55. The molecule has 0 aliphatic rings. The van der Waals surface area contributed by atoms with Gasteiger partial charge in [-0.25, -0.2) is 14.5 Å². The summed E-state index contributed by atoms with van der Waals surface area (Å²) in [7, 11) is 0. The highest BCUT2D eigenvalue weighted by molar-refractivity contribution is 5.95. The van der Waals surface area contributed by atoms with Crippen molar-refractivity contribution in [1.82, 2.24) is 30.3 Å². The van der Waals surface area contributed by atoms with E-state index in [1.54, 1.807) is 42.8 Å². The maximum Gasteiger partial charge on any atom is 0.341 e. The van der Waals surface area contributed by atoms with Crippen molar-refractivity contribution >= 4 is 11.9 Å². The van der Waals surface area contributed by atoms with Crippen LogP contribution in [0.2, 0.25) is 0 Å². The van der Waals surface area contributed by atoms with Crippen LogP contribution in [0.3, 0.4) is 0 Å². The Morgan fingerprint density at radius 3 is 2.45 bits per heavy atom. The second-order valence-electron chi connectivity index (χ2n) is 7.42. The van der Waals surface area contributed by atoms with Gasteiger partial charge in [0.1, 0.15) is 17.4 Å². The number of ether oxygens (including phenoxy) is 1. The summed E-state index contributed by atoms with van der Waals surface area (Å²) in [6, 6.07) is 16.0. The fourth-order valence-electron chi connectivity index (χ4n) is 3.48. The summed E-state index contributed by atoms with van der Waals surface area (Å²) in [5.41, 5.74) is 3.15. The van der Waals surface area contributed by atoms with E-state index in [9.17, 15) is 9.59 Å². The van der Waals surface area contributed by atoms with Gasteiger partial charge in [0.25, 0.3) is 5.91 Å². The lowest BCUT2D eigenvalue weighted by Gasteiger charge is -2.16. The van der Waals surface area contributed by atoms with Gasteiger partial charge in [0.05, 0.1) is 24.2 Å². The number of nitrogens with zero attached hydrogens (tertiary/aromatic N) is 4. The molecular formula is C24H24N6O3. The summed E-state index contributed by atoms with van der Waals surface area (Å²) in [4.78, 5) is 29.5. The molecule has 0 saturated carbocycles. The lowest BCUT2D eigenvalue weighted by Crippen LogP contribution is -2.30. The summed E-state index contributed by atoms with van der Waals surface area (Å²) in [5.74, 6) is 0.484. The molecule has 9 nitrogen and oxygen atoms in total. The minimum atomic E-state index is -0.496. The van der Waals surface area contributed by atoms with E-state index in [-0.39, 0.29) is 5.91 Å². The molecule has 1 atom stereocenters. The van der Waals surface area contributed by atoms with Crippen molar-refractivity contribution in [3.05, 3.63) is 94.8 Å². The van der Waals surface area contributed by atoms with Crippen LogP contribution in [0.5, 0.6) is 0 Å². The van der Waals surface area contributed by atoms with Crippen LogP contribution in [0.25, 0.3) is 5.69 Å². The molecule has 1 amide bonds. The second-order valence-corrected chi connectivity index (χ2v) is 7.42. The summed E-state index contributed by atoms with van der Waals surface area (Å²) >= 11 is 0. The largest absolute Gasteiger partial charge is 0.462 e. The van der Waals surface area contributed by atoms with Crippen LogP contribution in [0.1, 0.15) is 56.6 Å². The Labute approximate surface area is 190 Å². The van der Waals surface area contributed by atoms with Gasteiger partial charge in [0.15, 0.2) is 5.82 Å². The molecule has 0 aliphatic carbocycles. The third-order valence-electron chi connectivity index (χ3n) is 5.16. The summed E-state index contributed by atoms with van der Waals surface area (Å²) in [6.45, 7) is 5.66. The second kappa shape index (κ2) is 9.47. The number of H-pyrrole nitrogens is 1. The molecule has 0 saturated heterocycles. The highest BCUT2D eigenvalue weighted by Crippen LogP contribution is 2.20. The van der Waals surface area contributed by atoms with Crippen molar-refractivity contribution in [2.45, 2.75) is 26.8 Å². The molecule has 0 bridgehead atoms. The Hall–Kier alpha value is -4.27. The molecule has 2 aromatic heterocycles. The van der Waals surface area contributed by atoms with Crippen LogP contribution in [0, 0.1) is 13.8 Å². The Bertz CT molecular complexity index is 1260. The van der Waals surface area contributed by atoms with Crippen molar-refractivity contribution in [1.29, 1.82) is 0 Å². The van der Waals surface area contributed by atoms with E-state index >= 15 is 0 Å². The SMILES string of the molecule is CCOC(=O)c1cnn(-c2ccc(C(=O)NC(c3ccccc3)c3n[nH]c(C)n3)cc2)c1C. The summed E-state index contributed by atoms with van der Waals surface area (Å²) in [6.07, 6.45) is 1.48. The van der Waals surface area contributed by atoms with Crippen molar-refractivity contribution in [2.24, 2.45) is 0 Å². The number of carbonyl (C=O) groups excluding carboxylic acids is 2. The number of aromatic nitrogens is 5. The number of carbonyl (C=O) groups is 2. The zero-order valence-electron chi connectivity index (χ0n) is 18.6. The van der Waals surface area contributed by atoms with Crippen molar-refractivity contribution in [3.8, 4) is 5.69 Å². The average molecular weight is 444 g/mol. The fraction of sp³-hybridized carbons (Fsp3) is 0.208. The normalized spacial score (nSPS) is 11.7. The molecule has 1 unspecified atom stereocenters. The molecule has 2 N–H and O–H groups in total. The predicted octanol–water partition coefficient (Wildman–Crippen LogP) is 3.30. The van der Waals surface area contributed by atoms with E-state index in [0.717, 1.165) is 11.3 Å². The standard InChI is InChI=1S/C24H24N6O3/c1-4-33-24(32)20-14-25-30(15(20)2)19-12-10-18(11-13-19)23(31)27-21(17-8-6-5-7-9-17)22-26-16(3)28-29-22/h5-14,21H,4H2,1-3H3,(H,27,31)(H,26,28,29). The van der Waals surface area contributed by atoms with E-state index in [1.807, 2.05) is 37.3 Å². The van der Waals surface area contributed by atoms with Gasteiger partial charge in [0.2, 0.25) is 0 Å². The third-order valence-corrected chi connectivity index (χ3v) is 5.16. The Morgan fingerprint density at radius 1 is 1.09 bits per heavy atom. The third kappa shape index (κ3) is 4.67. The molecule has 33 heavy (non-hydrogen) atoms. The van der Waals surface area contributed by atoms with Crippen LogP contribution in [-0.2, 0) is 4.74 Å². The number of amides is 1. The maximum absolute atomic E-state index is 13.0. The van der Waals surface area contributed by atoms with Crippen molar-refractivity contribution in [2.75, 3.05) is 6.61 Å². The Kier molecular flexibility index (Phi) is 6.30. The number of esters is 1. The van der Waals surface area contributed by atoms with Crippen molar-refractivity contribution in [3.63, 3.8) is 0 Å². The predicted molar refractivity (Wildman–Crippen MR) is 121 cm³/mol. The molecule has 4 aromatic rings. The van der Waals surface area contributed by atoms with E-state index in [0.29, 0.717) is 35.1 Å². The highest BCUT2D eigenvalue weighted by Gasteiger charge is 2.22. The van der Waals surface area contributed by atoms with Crippen LogP contribution in [0.4, 0.5) is 0 Å². The first-order chi connectivity index (χ1) is 16.0. The smallest absolute Gasteiger partial charge is 0.341 e. The molecule has 2 aromatic carbocycles. The first-order valence-electron chi connectivity index (χ1n) is 10.5. The monoisotopic (exact) mass is 444 g/mol. The zero-order chi connectivity index (χ0) is 23.4. The van der Waals surface area contributed by atoms with Gasteiger partial charge >= 0.3 is 5.97 Å². The number of nitrogens with one attached hydrogen (secondary N) is 2. The summed E-state index contributed by atoms with van der Waals surface area (Å²) in [5, 5.41) is 14.4. The van der Waals surface area contributed by atoms with E-state index in [4.69, 9.17) is 4.74 Å². The van der Waals surface area contributed by atoms with Gasteiger partial charge < -0.3 is 10.1 Å². The molecule has 4 rings (SSSR count). The summed E-state index contributed by atoms with van der Waals surface area (Å²) < 4.78 is 6.70. The fourth-order valence-corrected chi connectivity index (χ4v) is 3.48. The van der Waals surface area contributed by atoms with Crippen LogP contribution < -0.4 is 5.32 Å². The molecule has 2 heterocycles. The van der Waals surface area contributed by atoms with Gasteiger partial charge in [-0.3, -0.25) is 9.89 Å². The van der Waals surface area contributed by atoms with Crippen LogP contribution in [-0.4, -0.2) is 43.4 Å². The van der Waals surface area contributed by atoms with E-state index in [1.165, 1.54) is 6.20 Å². The minimum Gasteiger partial charge on any atom is -0.462 e. The van der Waals surface area contributed by atoms with Gasteiger partial charge in [0, 0.05) is 5.56 Å². The zero-order valence-corrected chi connectivity index (χ0v) is 18.6. The minimum absolute atomic E-state index is 0.262. The molecule has 168 valence electrons. The molecule has 9 heteroatoms. The van der Waals surface area contributed by atoms with Gasteiger partial charge in [-0.05, 0) is 50.6 Å². The molecule has 0 spiro atoms. The number of hydrogen-bond acceptors (Lipinski definition) is 6. The van der Waals surface area contributed by atoms with Gasteiger partial charge in [-0.15, -0.1) is 0 Å².